The molecule has 0 spiro atoms. The Morgan fingerprint density at radius 2 is 1.80 bits per heavy atom. The van der Waals surface area contributed by atoms with Crippen molar-refractivity contribution in [2.24, 2.45) is 0 Å². The predicted molar refractivity (Wildman–Crippen MR) is 134 cm³/mol. The average Bonchev–Trinajstić information content (AvgIpc) is 3.31. The van der Waals surface area contributed by atoms with Gasteiger partial charge in [-0.2, -0.15) is 9.36 Å². The number of hydrogen-bond donors (Lipinski definition) is 1. The lowest BCUT2D eigenvalue weighted by molar-refractivity contribution is 0.0938. The molecule has 1 unspecified atom stereocenters. The van der Waals surface area contributed by atoms with Gasteiger partial charge in [-0.3, -0.25) is 4.79 Å². The zero-order chi connectivity index (χ0) is 24.6. The molecular weight excluding hydrogens is 465 g/mol. The van der Waals surface area contributed by atoms with Crippen molar-refractivity contribution >= 4 is 17.4 Å². The van der Waals surface area contributed by atoms with Crippen molar-refractivity contribution in [2.45, 2.75) is 32.2 Å². The Balaban J connectivity index is 1.36. The third kappa shape index (κ3) is 6.86. The first-order valence-corrected chi connectivity index (χ1v) is 12.0. The van der Waals surface area contributed by atoms with Crippen molar-refractivity contribution in [3.8, 4) is 16.7 Å². The smallest absolute Gasteiger partial charge is 0.298 e. The summed E-state index contributed by atoms with van der Waals surface area (Å²) in [4.78, 5) is 17.1. The molecule has 1 N–H and O–H groups in total. The first kappa shape index (κ1) is 24.3. The zero-order valence-corrected chi connectivity index (χ0v) is 20.3. The number of methoxy groups -OCH3 is 1. The molecule has 35 heavy (non-hydrogen) atoms. The molecule has 4 rings (SSSR count). The van der Waals surface area contributed by atoms with Crippen LogP contribution in [-0.2, 0) is 12.8 Å². The van der Waals surface area contributed by atoms with Crippen molar-refractivity contribution < 1.29 is 18.7 Å². The van der Waals surface area contributed by atoms with E-state index in [-0.39, 0.29) is 17.8 Å². The number of benzene rings is 3. The van der Waals surface area contributed by atoms with Crippen molar-refractivity contribution in [3.05, 3.63) is 101 Å². The molecule has 4 aromatic rings. The van der Waals surface area contributed by atoms with Gasteiger partial charge in [0.25, 0.3) is 11.1 Å². The third-order valence-electron chi connectivity index (χ3n) is 5.43. The number of nitrogens with one attached hydrogen (secondary N) is 1. The van der Waals surface area contributed by atoms with E-state index in [1.807, 2.05) is 25.1 Å². The number of amides is 1. The van der Waals surface area contributed by atoms with Crippen LogP contribution < -0.4 is 14.8 Å². The number of hydrogen-bond acceptors (Lipinski definition) is 6. The number of ether oxygens (including phenoxy) is 2. The van der Waals surface area contributed by atoms with E-state index in [4.69, 9.17) is 9.47 Å². The van der Waals surface area contributed by atoms with Gasteiger partial charge in [0.05, 0.1) is 7.11 Å². The van der Waals surface area contributed by atoms with E-state index in [2.05, 4.69) is 26.8 Å². The molecule has 0 aliphatic carbocycles. The molecule has 8 heteroatoms. The van der Waals surface area contributed by atoms with E-state index in [0.29, 0.717) is 34.5 Å². The van der Waals surface area contributed by atoms with Gasteiger partial charge in [-0.05, 0) is 61.2 Å². The van der Waals surface area contributed by atoms with E-state index in [1.54, 1.807) is 30.3 Å². The first-order chi connectivity index (χ1) is 17.0. The number of halogens is 1. The quantitative estimate of drug-likeness (QED) is 0.303. The minimum atomic E-state index is -0.283. The highest BCUT2D eigenvalue weighted by molar-refractivity contribution is 7.07. The summed E-state index contributed by atoms with van der Waals surface area (Å²) < 4.78 is 28.7. The molecule has 0 aliphatic heterocycles. The third-order valence-corrected chi connectivity index (χ3v) is 6.07. The van der Waals surface area contributed by atoms with Crippen LogP contribution in [0.1, 0.15) is 40.7 Å². The maximum atomic E-state index is 13.1. The molecule has 0 saturated carbocycles. The number of aromatic nitrogens is 2. The molecule has 1 aromatic heterocycles. The number of rotatable bonds is 10. The van der Waals surface area contributed by atoms with Gasteiger partial charge in [0, 0.05) is 29.6 Å². The molecule has 0 bridgehead atoms. The summed E-state index contributed by atoms with van der Waals surface area (Å²) in [6, 6.07) is 21.5. The Morgan fingerprint density at radius 1 is 1.03 bits per heavy atom. The second kappa shape index (κ2) is 11.6. The Bertz CT molecular complexity index is 1260. The van der Waals surface area contributed by atoms with E-state index in [9.17, 15) is 9.18 Å². The van der Waals surface area contributed by atoms with E-state index >= 15 is 0 Å². The zero-order valence-electron chi connectivity index (χ0n) is 19.5. The van der Waals surface area contributed by atoms with Crippen LogP contribution in [0.15, 0.2) is 72.8 Å². The molecular formula is C27H26FN3O3S. The van der Waals surface area contributed by atoms with Gasteiger partial charge in [0.1, 0.15) is 5.82 Å². The number of aryl methyl sites for hydroxylation is 1. The topological polar surface area (TPSA) is 73.3 Å². The van der Waals surface area contributed by atoms with Crippen molar-refractivity contribution in [3.63, 3.8) is 0 Å². The molecule has 180 valence electrons. The lowest BCUT2D eigenvalue weighted by atomic mass is 10.1. The van der Waals surface area contributed by atoms with Crippen LogP contribution in [0.3, 0.4) is 0 Å². The monoisotopic (exact) mass is 491 g/mol. The molecule has 0 radical (unpaired) electrons. The normalized spacial score (nSPS) is 11.6. The summed E-state index contributed by atoms with van der Waals surface area (Å²) in [6.07, 6.45) is 2.20. The van der Waals surface area contributed by atoms with Crippen molar-refractivity contribution in [1.29, 1.82) is 0 Å². The fourth-order valence-electron chi connectivity index (χ4n) is 3.53. The van der Waals surface area contributed by atoms with Crippen LogP contribution in [0.2, 0.25) is 0 Å². The standard InChI is InChI=1S/C27H26FN3O3S/c1-18(8-9-19-6-4-3-5-7-19)29-26(32)21-12-15-23(24(17-21)33-2)34-27-30-25(31-35-27)16-20-10-13-22(28)14-11-20/h3-7,10-15,17-18H,8-9,16H2,1-2H3,(H,29,32). The van der Waals surface area contributed by atoms with Gasteiger partial charge in [0.2, 0.25) is 0 Å². The fourth-order valence-corrected chi connectivity index (χ4v) is 4.09. The fraction of sp³-hybridized carbons (Fsp3) is 0.222. The SMILES string of the molecule is COc1cc(C(=O)NC(C)CCc2ccccc2)ccc1Oc1nc(Cc2ccc(F)cc2)ns1. The molecule has 1 atom stereocenters. The Labute approximate surface area is 207 Å². The molecule has 1 heterocycles. The molecule has 0 saturated heterocycles. The summed E-state index contributed by atoms with van der Waals surface area (Å²) in [5.41, 5.74) is 2.63. The average molecular weight is 492 g/mol. The van der Waals surface area contributed by atoms with Gasteiger partial charge >= 0.3 is 0 Å². The highest BCUT2D eigenvalue weighted by Gasteiger charge is 2.16. The van der Waals surface area contributed by atoms with Gasteiger partial charge in [-0.15, -0.1) is 0 Å². The largest absolute Gasteiger partial charge is 0.493 e. The van der Waals surface area contributed by atoms with Crippen molar-refractivity contribution in [2.75, 3.05) is 7.11 Å². The minimum absolute atomic E-state index is 0.0190. The summed E-state index contributed by atoms with van der Waals surface area (Å²) >= 11 is 1.12. The summed E-state index contributed by atoms with van der Waals surface area (Å²) in [6.45, 7) is 1.99. The van der Waals surface area contributed by atoms with Crippen LogP contribution in [0, 0.1) is 5.82 Å². The van der Waals surface area contributed by atoms with Crippen LogP contribution in [-0.4, -0.2) is 28.4 Å². The Morgan fingerprint density at radius 3 is 2.54 bits per heavy atom. The highest BCUT2D eigenvalue weighted by Crippen LogP contribution is 2.33. The number of carbonyl (C=O) groups excluding carboxylic acids is 1. The summed E-state index contributed by atoms with van der Waals surface area (Å²) in [5, 5.41) is 3.39. The highest BCUT2D eigenvalue weighted by atomic mass is 32.1. The summed E-state index contributed by atoms with van der Waals surface area (Å²) in [5.74, 6) is 0.981. The van der Waals surface area contributed by atoms with Gasteiger partial charge in [-0.1, -0.05) is 42.5 Å². The molecule has 0 aliphatic rings. The van der Waals surface area contributed by atoms with E-state index in [0.717, 1.165) is 29.9 Å². The minimum Gasteiger partial charge on any atom is -0.493 e. The molecule has 6 nitrogen and oxygen atoms in total. The lowest BCUT2D eigenvalue weighted by Gasteiger charge is -2.15. The van der Waals surface area contributed by atoms with E-state index < -0.39 is 0 Å². The predicted octanol–water partition coefficient (Wildman–Crippen LogP) is 5.82. The second-order valence-corrected chi connectivity index (χ2v) is 8.86. The summed E-state index contributed by atoms with van der Waals surface area (Å²) in [7, 11) is 1.52. The van der Waals surface area contributed by atoms with Crippen LogP contribution in [0.4, 0.5) is 4.39 Å². The maximum Gasteiger partial charge on any atom is 0.298 e. The van der Waals surface area contributed by atoms with Gasteiger partial charge in [0.15, 0.2) is 17.3 Å². The number of nitrogens with zero attached hydrogens (tertiary/aromatic N) is 2. The Kier molecular flexibility index (Phi) is 8.05. The van der Waals surface area contributed by atoms with Gasteiger partial charge in [-0.25, -0.2) is 4.39 Å². The molecule has 3 aromatic carbocycles. The van der Waals surface area contributed by atoms with Gasteiger partial charge < -0.3 is 14.8 Å². The van der Waals surface area contributed by atoms with Crippen molar-refractivity contribution in [1.82, 2.24) is 14.7 Å². The molecule has 0 fully saturated rings. The van der Waals surface area contributed by atoms with Crippen LogP contribution in [0.5, 0.6) is 16.7 Å². The number of carbonyl (C=O) groups is 1. The Hall–Kier alpha value is -3.78. The van der Waals surface area contributed by atoms with Crippen LogP contribution in [0.25, 0.3) is 0 Å². The van der Waals surface area contributed by atoms with Crippen LogP contribution >= 0.6 is 11.5 Å². The second-order valence-electron chi connectivity index (χ2n) is 8.15. The first-order valence-electron chi connectivity index (χ1n) is 11.3. The molecule has 1 amide bonds. The van der Waals surface area contributed by atoms with E-state index in [1.165, 1.54) is 24.8 Å². The lowest BCUT2D eigenvalue weighted by Crippen LogP contribution is -2.32. The maximum absolute atomic E-state index is 13.1.